The Morgan fingerprint density at radius 2 is 1.60 bits per heavy atom. The molecule has 0 spiro atoms. The van der Waals surface area contributed by atoms with Crippen LogP contribution in [0, 0.1) is 0 Å². The van der Waals surface area contributed by atoms with Gasteiger partial charge in [-0.2, -0.15) is 0 Å². The Labute approximate surface area is 208 Å². The number of pyridine rings is 1. The van der Waals surface area contributed by atoms with Crippen molar-refractivity contribution in [2.24, 2.45) is 0 Å². The Morgan fingerprint density at radius 3 is 2.20 bits per heavy atom. The summed E-state index contributed by atoms with van der Waals surface area (Å²) in [7, 11) is 0. The highest BCUT2D eigenvalue weighted by atomic mass is 16.4. The molecule has 0 aliphatic heterocycles. The van der Waals surface area contributed by atoms with E-state index < -0.39 is 5.97 Å². The first kappa shape index (κ1) is 24.7. The number of benzene rings is 2. The molecular weight excluding hydrogens is 432 g/mol. The molecular formula is C31H36N2O2. The number of carboxylic acids is 1. The van der Waals surface area contributed by atoms with E-state index in [1.54, 1.807) is 12.1 Å². The van der Waals surface area contributed by atoms with Crippen molar-refractivity contribution < 1.29 is 9.90 Å². The van der Waals surface area contributed by atoms with E-state index in [1.807, 2.05) is 18.3 Å². The molecule has 2 aromatic heterocycles. The van der Waals surface area contributed by atoms with Crippen molar-refractivity contribution in [2.75, 3.05) is 0 Å². The maximum atomic E-state index is 11.7. The summed E-state index contributed by atoms with van der Waals surface area (Å²) >= 11 is 0. The van der Waals surface area contributed by atoms with E-state index in [-0.39, 0.29) is 0 Å². The fourth-order valence-electron chi connectivity index (χ4n) is 5.30. The van der Waals surface area contributed by atoms with Crippen LogP contribution in [0.4, 0.5) is 0 Å². The van der Waals surface area contributed by atoms with E-state index in [1.165, 1.54) is 16.7 Å². The average molecular weight is 469 g/mol. The summed E-state index contributed by atoms with van der Waals surface area (Å²) in [5.74, 6) is -0.905. The summed E-state index contributed by atoms with van der Waals surface area (Å²) in [4.78, 5) is 16.7. The van der Waals surface area contributed by atoms with Gasteiger partial charge in [-0.15, -0.1) is 0 Å². The van der Waals surface area contributed by atoms with Gasteiger partial charge in [0.2, 0.25) is 0 Å². The maximum Gasteiger partial charge on any atom is 0.335 e. The van der Waals surface area contributed by atoms with Gasteiger partial charge in [0.1, 0.15) is 0 Å². The van der Waals surface area contributed by atoms with Crippen LogP contribution < -0.4 is 0 Å². The molecule has 0 bridgehead atoms. The van der Waals surface area contributed by atoms with Crippen LogP contribution in [0.2, 0.25) is 0 Å². The van der Waals surface area contributed by atoms with Gasteiger partial charge in [-0.25, -0.2) is 4.79 Å². The van der Waals surface area contributed by atoms with Crippen molar-refractivity contribution in [1.82, 2.24) is 9.55 Å². The summed E-state index contributed by atoms with van der Waals surface area (Å²) in [5.41, 5.74) is 8.25. The molecule has 4 aromatic rings. The van der Waals surface area contributed by atoms with Gasteiger partial charge in [0.05, 0.1) is 23.0 Å². The average Bonchev–Trinajstić information content (AvgIpc) is 3.26. The number of aromatic nitrogens is 2. The molecule has 0 saturated heterocycles. The monoisotopic (exact) mass is 468 g/mol. The minimum Gasteiger partial charge on any atom is -0.478 e. The molecule has 2 aromatic carbocycles. The van der Waals surface area contributed by atoms with Gasteiger partial charge in [0.25, 0.3) is 0 Å². The van der Waals surface area contributed by atoms with Crippen LogP contribution in [0.1, 0.15) is 80.9 Å². The summed E-state index contributed by atoms with van der Waals surface area (Å²) in [6.07, 6.45) is 10.6. The van der Waals surface area contributed by atoms with Gasteiger partial charge in [-0.05, 0) is 60.6 Å². The number of hydrogen-bond acceptors (Lipinski definition) is 2. The van der Waals surface area contributed by atoms with Crippen molar-refractivity contribution in [3.8, 4) is 22.4 Å². The van der Waals surface area contributed by atoms with Crippen molar-refractivity contribution in [3.05, 3.63) is 77.6 Å². The predicted octanol–water partition coefficient (Wildman–Crippen LogP) is 8.33. The minimum absolute atomic E-state index is 0.306. The lowest BCUT2D eigenvalue weighted by molar-refractivity contribution is 0.0697. The SMILES string of the molecule is CCCC(CCC)n1cc(-c2cccc(C(=O)O)c2)c2cc(-c3c(CC)cccc3CC)ncc21. The van der Waals surface area contributed by atoms with Crippen molar-refractivity contribution in [3.63, 3.8) is 0 Å². The van der Waals surface area contributed by atoms with Crippen LogP contribution in [0.25, 0.3) is 33.3 Å². The number of carbonyl (C=O) groups is 1. The van der Waals surface area contributed by atoms with Gasteiger partial charge in [0.15, 0.2) is 0 Å². The zero-order valence-electron chi connectivity index (χ0n) is 21.3. The Morgan fingerprint density at radius 1 is 0.943 bits per heavy atom. The third kappa shape index (κ3) is 4.88. The minimum atomic E-state index is -0.905. The molecule has 4 nitrogen and oxygen atoms in total. The Hall–Kier alpha value is -3.40. The zero-order chi connectivity index (χ0) is 24.9. The topological polar surface area (TPSA) is 55.1 Å². The number of aromatic carboxylic acids is 1. The fourth-order valence-corrected chi connectivity index (χ4v) is 5.30. The summed E-state index contributed by atoms with van der Waals surface area (Å²) in [6, 6.07) is 16.4. The second kappa shape index (κ2) is 10.9. The summed E-state index contributed by atoms with van der Waals surface area (Å²) in [5, 5.41) is 10.7. The van der Waals surface area contributed by atoms with Gasteiger partial charge in [-0.1, -0.05) is 70.9 Å². The van der Waals surface area contributed by atoms with Crippen molar-refractivity contribution >= 4 is 16.9 Å². The molecule has 2 heterocycles. The number of carboxylic acid groups (broad SMARTS) is 1. The lowest BCUT2D eigenvalue weighted by atomic mass is 9.93. The van der Waals surface area contributed by atoms with Crippen LogP contribution >= 0.6 is 0 Å². The fraction of sp³-hybridized carbons (Fsp3) is 0.355. The van der Waals surface area contributed by atoms with E-state index in [0.717, 1.165) is 66.2 Å². The van der Waals surface area contributed by atoms with E-state index in [2.05, 4.69) is 62.7 Å². The summed E-state index contributed by atoms with van der Waals surface area (Å²) in [6.45, 7) is 8.85. The molecule has 0 fully saturated rings. The van der Waals surface area contributed by atoms with Crippen LogP contribution in [-0.4, -0.2) is 20.6 Å². The summed E-state index contributed by atoms with van der Waals surface area (Å²) < 4.78 is 2.38. The number of fused-ring (bicyclic) bond motifs is 1. The number of nitrogens with zero attached hydrogens (tertiary/aromatic N) is 2. The second-order valence-corrected chi connectivity index (χ2v) is 9.31. The van der Waals surface area contributed by atoms with Crippen LogP contribution in [0.5, 0.6) is 0 Å². The molecule has 0 aliphatic carbocycles. The predicted molar refractivity (Wildman–Crippen MR) is 145 cm³/mol. The lowest BCUT2D eigenvalue weighted by Gasteiger charge is -2.19. The third-order valence-corrected chi connectivity index (χ3v) is 7.03. The quantitative estimate of drug-likeness (QED) is 0.254. The highest BCUT2D eigenvalue weighted by Crippen LogP contribution is 2.38. The molecule has 182 valence electrons. The van der Waals surface area contributed by atoms with E-state index in [9.17, 15) is 9.90 Å². The molecule has 0 aliphatic rings. The van der Waals surface area contributed by atoms with Gasteiger partial charge >= 0.3 is 5.97 Å². The third-order valence-electron chi connectivity index (χ3n) is 7.03. The number of rotatable bonds is 10. The largest absolute Gasteiger partial charge is 0.478 e. The van der Waals surface area contributed by atoms with E-state index in [4.69, 9.17) is 4.98 Å². The van der Waals surface area contributed by atoms with Crippen molar-refractivity contribution in [1.29, 1.82) is 0 Å². The van der Waals surface area contributed by atoms with Crippen LogP contribution in [0.3, 0.4) is 0 Å². The molecule has 4 rings (SSSR count). The van der Waals surface area contributed by atoms with Gasteiger partial charge < -0.3 is 9.67 Å². The second-order valence-electron chi connectivity index (χ2n) is 9.31. The first-order valence-corrected chi connectivity index (χ1v) is 13.0. The van der Waals surface area contributed by atoms with Crippen LogP contribution in [-0.2, 0) is 12.8 Å². The van der Waals surface area contributed by atoms with Crippen LogP contribution in [0.15, 0.2) is 60.9 Å². The first-order valence-electron chi connectivity index (χ1n) is 13.0. The molecule has 35 heavy (non-hydrogen) atoms. The smallest absolute Gasteiger partial charge is 0.335 e. The maximum absolute atomic E-state index is 11.7. The Balaban J connectivity index is 1.99. The van der Waals surface area contributed by atoms with E-state index >= 15 is 0 Å². The zero-order valence-corrected chi connectivity index (χ0v) is 21.3. The molecule has 0 saturated carbocycles. The number of hydrogen-bond donors (Lipinski definition) is 1. The van der Waals surface area contributed by atoms with Crippen molar-refractivity contribution in [2.45, 2.75) is 72.3 Å². The molecule has 4 heteroatoms. The van der Waals surface area contributed by atoms with Gasteiger partial charge in [-0.3, -0.25) is 4.98 Å². The highest BCUT2D eigenvalue weighted by Gasteiger charge is 2.20. The Bertz CT molecular complexity index is 1310. The number of aryl methyl sites for hydroxylation is 2. The first-order chi connectivity index (χ1) is 17.0. The standard InChI is InChI=1S/C31H36N2O2/c1-5-11-25(12-6-2)33-20-27(23-15-10-16-24(17-23)31(34)35)26-18-28(32-19-29(26)33)30-21(7-3)13-9-14-22(30)8-4/h9-10,13-20,25H,5-8,11-12H2,1-4H3,(H,34,35). The van der Waals surface area contributed by atoms with Gasteiger partial charge in [0, 0.05) is 28.8 Å². The molecule has 1 N–H and O–H groups in total. The molecule has 0 atom stereocenters. The molecule has 0 amide bonds. The molecule has 0 unspecified atom stereocenters. The lowest BCUT2D eigenvalue weighted by Crippen LogP contribution is -2.07. The Kier molecular flexibility index (Phi) is 7.70. The van der Waals surface area contributed by atoms with E-state index in [0.29, 0.717) is 11.6 Å². The normalized spacial score (nSPS) is 11.5. The molecule has 0 radical (unpaired) electrons. The highest BCUT2D eigenvalue weighted by molar-refractivity contribution is 5.99.